The molecule has 5 heteroatoms. The molecule has 0 bridgehead atoms. The van der Waals surface area contributed by atoms with Crippen LogP contribution in [0.15, 0.2) is 46.9 Å². The first-order chi connectivity index (χ1) is 9.17. The van der Waals surface area contributed by atoms with Crippen LogP contribution < -0.4 is 10.2 Å². The van der Waals surface area contributed by atoms with Gasteiger partial charge in [-0.1, -0.05) is 6.08 Å². The molecule has 2 N–H and O–H groups in total. The largest absolute Gasteiger partial charge is 0.426 e. The van der Waals surface area contributed by atoms with E-state index < -0.39 is 0 Å². The number of ether oxygens (including phenoxy) is 1. The van der Waals surface area contributed by atoms with Gasteiger partial charge in [-0.3, -0.25) is 0 Å². The molecule has 0 aliphatic rings. The molecule has 19 heavy (non-hydrogen) atoms. The Balaban J connectivity index is 2.01. The first-order valence-corrected chi connectivity index (χ1v) is 5.78. The van der Waals surface area contributed by atoms with Crippen molar-refractivity contribution in [2.45, 2.75) is 13.0 Å². The zero-order chi connectivity index (χ0) is 13.7. The lowest BCUT2D eigenvalue weighted by Gasteiger charge is -2.01. The van der Waals surface area contributed by atoms with Crippen LogP contribution in [0.1, 0.15) is 12.7 Å². The summed E-state index contributed by atoms with van der Waals surface area (Å²) in [5.41, 5.74) is 2.09. The van der Waals surface area contributed by atoms with Gasteiger partial charge in [0.05, 0.1) is 0 Å². The van der Waals surface area contributed by atoms with E-state index in [2.05, 4.69) is 5.48 Å². The number of hydrogen-bond acceptors (Lipinski definition) is 4. The SMILES string of the molecule is CC(/C=C/c1ccc(Oc2ccc(F)cc2)o1)NO. The normalized spacial score (nSPS) is 12.8. The molecule has 0 saturated carbocycles. The number of halogens is 1. The van der Waals surface area contributed by atoms with Crippen molar-refractivity contribution in [3.8, 4) is 11.7 Å². The molecule has 0 fully saturated rings. The average Bonchev–Trinajstić information content (AvgIpc) is 2.86. The van der Waals surface area contributed by atoms with Crippen LogP contribution in [0.25, 0.3) is 6.08 Å². The summed E-state index contributed by atoms with van der Waals surface area (Å²) in [4.78, 5) is 0. The fourth-order valence-corrected chi connectivity index (χ4v) is 1.38. The van der Waals surface area contributed by atoms with E-state index in [-0.39, 0.29) is 11.9 Å². The lowest BCUT2D eigenvalue weighted by atomic mass is 10.3. The van der Waals surface area contributed by atoms with Gasteiger partial charge >= 0.3 is 0 Å². The third kappa shape index (κ3) is 3.94. The van der Waals surface area contributed by atoms with Gasteiger partial charge in [0.1, 0.15) is 17.3 Å². The molecular weight excluding hydrogens is 249 g/mol. The highest BCUT2D eigenvalue weighted by Crippen LogP contribution is 2.24. The second-order valence-corrected chi connectivity index (χ2v) is 3.99. The van der Waals surface area contributed by atoms with Crippen molar-refractivity contribution in [3.05, 3.63) is 54.1 Å². The van der Waals surface area contributed by atoms with E-state index in [4.69, 9.17) is 14.4 Å². The van der Waals surface area contributed by atoms with Crippen molar-refractivity contribution in [2.75, 3.05) is 0 Å². The van der Waals surface area contributed by atoms with Gasteiger partial charge < -0.3 is 14.4 Å². The third-order valence-electron chi connectivity index (χ3n) is 2.39. The minimum atomic E-state index is -0.319. The van der Waals surface area contributed by atoms with Crippen LogP contribution >= 0.6 is 0 Å². The van der Waals surface area contributed by atoms with Crippen LogP contribution in [0.2, 0.25) is 0 Å². The fraction of sp³-hybridized carbons (Fsp3) is 0.143. The maximum atomic E-state index is 12.7. The molecule has 0 aliphatic heterocycles. The minimum absolute atomic E-state index is 0.174. The number of benzene rings is 1. The molecule has 1 aromatic heterocycles. The summed E-state index contributed by atoms with van der Waals surface area (Å²) in [6, 6.07) is 8.89. The Morgan fingerprint density at radius 2 is 2.00 bits per heavy atom. The van der Waals surface area contributed by atoms with E-state index in [0.717, 1.165) is 0 Å². The van der Waals surface area contributed by atoms with Gasteiger partial charge in [-0.15, -0.1) is 0 Å². The van der Waals surface area contributed by atoms with Gasteiger partial charge in [0.25, 0.3) is 5.95 Å². The van der Waals surface area contributed by atoms with Gasteiger partial charge in [0.15, 0.2) is 0 Å². The molecule has 4 nitrogen and oxygen atoms in total. The van der Waals surface area contributed by atoms with Crippen LogP contribution in [0.3, 0.4) is 0 Å². The maximum Gasteiger partial charge on any atom is 0.290 e. The Bertz CT molecular complexity index is 548. The van der Waals surface area contributed by atoms with E-state index in [1.54, 1.807) is 31.2 Å². The Labute approximate surface area is 110 Å². The van der Waals surface area contributed by atoms with Crippen LogP contribution in [0.5, 0.6) is 11.7 Å². The average molecular weight is 263 g/mol. The van der Waals surface area contributed by atoms with E-state index in [1.807, 2.05) is 0 Å². The van der Waals surface area contributed by atoms with Gasteiger partial charge in [0.2, 0.25) is 0 Å². The molecule has 2 aromatic rings. The number of hydrogen-bond donors (Lipinski definition) is 2. The van der Waals surface area contributed by atoms with Gasteiger partial charge in [0, 0.05) is 12.1 Å². The van der Waals surface area contributed by atoms with Crippen molar-refractivity contribution in [3.63, 3.8) is 0 Å². The second kappa shape index (κ2) is 6.17. The molecule has 2 rings (SSSR count). The first-order valence-electron chi connectivity index (χ1n) is 5.78. The molecule has 0 spiro atoms. The summed E-state index contributed by atoms with van der Waals surface area (Å²) in [5.74, 6) is 1.09. The van der Waals surface area contributed by atoms with Crippen LogP contribution in [0, 0.1) is 5.82 Å². The van der Waals surface area contributed by atoms with Crippen LogP contribution in [0.4, 0.5) is 4.39 Å². The molecule has 1 atom stereocenters. The monoisotopic (exact) mass is 263 g/mol. The highest BCUT2D eigenvalue weighted by atomic mass is 19.1. The Hall–Kier alpha value is -2.11. The standard InChI is InChI=1S/C14H14FNO3/c1-10(16-17)2-5-12-8-9-14(18-12)19-13-6-3-11(15)4-7-13/h2-10,16-17H,1H3/b5-2+. The molecule has 1 aromatic carbocycles. The Kier molecular flexibility index (Phi) is 4.33. The van der Waals surface area contributed by atoms with Crippen LogP contribution in [-0.4, -0.2) is 11.2 Å². The van der Waals surface area contributed by atoms with E-state index in [9.17, 15) is 4.39 Å². The zero-order valence-corrected chi connectivity index (χ0v) is 10.3. The van der Waals surface area contributed by atoms with Crippen molar-refractivity contribution in [1.29, 1.82) is 0 Å². The maximum absolute atomic E-state index is 12.7. The molecular formula is C14H14FNO3. The van der Waals surface area contributed by atoms with Crippen molar-refractivity contribution in [1.82, 2.24) is 5.48 Å². The van der Waals surface area contributed by atoms with Crippen LogP contribution in [-0.2, 0) is 0 Å². The quantitative estimate of drug-likeness (QED) is 0.809. The van der Waals surface area contributed by atoms with Gasteiger partial charge in [-0.05, 0) is 43.3 Å². The van der Waals surface area contributed by atoms with Gasteiger partial charge in [-0.25, -0.2) is 4.39 Å². The molecule has 1 unspecified atom stereocenters. The van der Waals surface area contributed by atoms with E-state index >= 15 is 0 Å². The molecule has 1 heterocycles. The van der Waals surface area contributed by atoms with Gasteiger partial charge in [-0.2, -0.15) is 5.48 Å². The minimum Gasteiger partial charge on any atom is -0.426 e. The summed E-state index contributed by atoms with van der Waals surface area (Å²) in [6.45, 7) is 1.79. The summed E-state index contributed by atoms with van der Waals surface area (Å²) < 4.78 is 23.5. The molecule has 100 valence electrons. The lowest BCUT2D eigenvalue weighted by molar-refractivity contribution is 0.150. The smallest absolute Gasteiger partial charge is 0.290 e. The molecule has 0 amide bonds. The number of rotatable bonds is 5. The Morgan fingerprint density at radius 1 is 1.26 bits per heavy atom. The van der Waals surface area contributed by atoms with E-state index in [0.29, 0.717) is 17.5 Å². The number of furan rings is 1. The lowest BCUT2D eigenvalue weighted by Crippen LogP contribution is -2.18. The summed E-state index contributed by atoms with van der Waals surface area (Å²) in [5, 5.41) is 8.65. The summed E-state index contributed by atoms with van der Waals surface area (Å²) in [7, 11) is 0. The molecule has 0 radical (unpaired) electrons. The summed E-state index contributed by atoms with van der Waals surface area (Å²) in [6.07, 6.45) is 3.45. The Morgan fingerprint density at radius 3 is 2.68 bits per heavy atom. The predicted octanol–water partition coefficient (Wildman–Crippen LogP) is 3.59. The number of nitrogens with one attached hydrogen (secondary N) is 1. The topological polar surface area (TPSA) is 54.6 Å². The molecule has 0 aliphatic carbocycles. The second-order valence-electron chi connectivity index (χ2n) is 3.99. The predicted molar refractivity (Wildman–Crippen MR) is 68.6 cm³/mol. The number of hydroxylamine groups is 1. The van der Waals surface area contributed by atoms with Crippen molar-refractivity contribution >= 4 is 6.08 Å². The highest BCUT2D eigenvalue weighted by molar-refractivity contribution is 5.44. The van der Waals surface area contributed by atoms with Crippen molar-refractivity contribution < 1.29 is 18.8 Å². The highest BCUT2D eigenvalue weighted by Gasteiger charge is 2.03. The zero-order valence-electron chi connectivity index (χ0n) is 10.3. The third-order valence-corrected chi connectivity index (χ3v) is 2.39. The van der Waals surface area contributed by atoms with E-state index in [1.165, 1.54) is 24.3 Å². The first kappa shape index (κ1) is 13.3. The van der Waals surface area contributed by atoms with Crippen molar-refractivity contribution in [2.24, 2.45) is 0 Å². The fourth-order valence-electron chi connectivity index (χ4n) is 1.38. The molecule has 0 saturated heterocycles. The summed E-state index contributed by atoms with van der Waals surface area (Å²) >= 11 is 0.